The van der Waals surface area contributed by atoms with Gasteiger partial charge in [-0.1, -0.05) is 0 Å². The average Bonchev–Trinajstić information content (AvgIpc) is 2.15. The van der Waals surface area contributed by atoms with Crippen molar-refractivity contribution in [1.82, 2.24) is 5.06 Å². The summed E-state index contributed by atoms with van der Waals surface area (Å²) in [4.78, 5) is 16.3. The molecule has 1 atom stereocenters. The Morgan fingerprint density at radius 3 is 2.80 bits per heavy atom. The van der Waals surface area contributed by atoms with Crippen LogP contribution in [0.2, 0.25) is 0 Å². The van der Waals surface area contributed by atoms with E-state index in [0.717, 1.165) is 0 Å². The van der Waals surface area contributed by atoms with Gasteiger partial charge < -0.3 is 9.84 Å². The van der Waals surface area contributed by atoms with Gasteiger partial charge in [0, 0.05) is 0 Å². The molecular weight excluding hydrogens is 198 g/mol. The van der Waals surface area contributed by atoms with E-state index < -0.39 is 6.10 Å². The van der Waals surface area contributed by atoms with E-state index in [-0.39, 0.29) is 17.9 Å². The zero-order valence-electron chi connectivity index (χ0n) is 9.32. The second-order valence-corrected chi connectivity index (χ2v) is 4.34. The summed E-state index contributed by atoms with van der Waals surface area (Å²) in [6, 6.07) is 0. The Morgan fingerprint density at radius 2 is 2.33 bits per heavy atom. The highest BCUT2D eigenvalue weighted by Crippen LogP contribution is 2.20. The first-order valence-corrected chi connectivity index (χ1v) is 4.92. The first-order valence-electron chi connectivity index (χ1n) is 4.92. The molecule has 0 aromatic carbocycles. The van der Waals surface area contributed by atoms with E-state index in [1.807, 2.05) is 20.8 Å². The minimum Gasteiger partial charge on any atom is -0.393 e. The van der Waals surface area contributed by atoms with Gasteiger partial charge >= 0.3 is 0 Å². The van der Waals surface area contributed by atoms with Gasteiger partial charge in [-0.2, -0.15) is 0 Å². The van der Waals surface area contributed by atoms with Crippen molar-refractivity contribution in [2.45, 2.75) is 32.5 Å². The maximum absolute atomic E-state index is 10.8. The Hall–Kier alpha value is -0.870. The summed E-state index contributed by atoms with van der Waals surface area (Å²) in [7, 11) is 0. The number of hydroxylamine groups is 2. The Bertz CT molecular complexity index is 265. The van der Waals surface area contributed by atoms with Crippen molar-refractivity contribution in [3.63, 3.8) is 0 Å². The van der Waals surface area contributed by atoms with Gasteiger partial charge in [-0.3, -0.25) is 4.84 Å². The van der Waals surface area contributed by atoms with Crippen molar-refractivity contribution in [2.24, 2.45) is 0 Å². The Kier molecular flexibility index (Phi) is 3.88. The molecule has 0 aromatic heterocycles. The van der Waals surface area contributed by atoms with Crippen molar-refractivity contribution < 1.29 is 19.5 Å². The quantitative estimate of drug-likeness (QED) is 0.663. The smallest absolute Gasteiger partial charge is 0.156 e. The number of aliphatic hydroxyl groups excluding tert-OH is 1. The number of nitrogens with zero attached hydrogens (tertiary/aromatic N) is 1. The van der Waals surface area contributed by atoms with Crippen LogP contribution >= 0.6 is 0 Å². The molecule has 1 N–H and O–H groups in total. The largest absolute Gasteiger partial charge is 0.393 e. The predicted molar refractivity (Wildman–Crippen MR) is 53.6 cm³/mol. The summed E-state index contributed by atoms with van der Waals surface area (Å²) in [6.07, 6.45) is -0.626. The zero-order chi connectivity index (χ0) is 11.5. The third-order valence-electron chi connectivity index (χ3n) is 1.84. The molecule has 1 heterocycles. The number of ether oxygens (including phenoxy) is 1. The highest BCUT2D eigenvalue weighted by molar-refractivity contribution is 5.53. The van der Waals surface area contributed by atoms with Crippen molar-refractivity contribution >= 4 is 5.94 Å². The summed E-state index contributed by atoms with van der Waals surface area (Å²) in [5, 5.41) is 10.5. The number of hydrogen-bond donors (Lipinski definition) is 1. The molecule has 1 rings (SSSR count). The standard InChI is InChI=1S/C10H17NO4/c1-10(2,3)15-11-4-5-14-9(7-13)8(11)6-12/h9,13H,4-5,7H2,1-3H3. The maximum Gasteiger partial charge on any atom is 0.156 e. The summed E-state index contributed by atoms with van der Waals surface area (Å²) < 4.78 is 5.20. The Balaban J connectivity index is 2.75. The van der Waals surface area contributed by atoms with Crippen molar-refractivity contribution in [3.05, 3.63) is 5.70 Å². The summed E-state index contributed by atoms with van der Waals surface area (Å²) in [6.45, 7) is 6.32. The van der Waals surface area contributed by atoms with Crippen LogP contribution in [0, 0.1) is 0 Å². The Morgan fingerprint density at radius 1 is 1.67 bits per heavy atom. The first-order chi connectivity index (χ1) is 6.98. The lowest BCUT2D eigenvalue weighted by molar-refractivity contribution is -0.237. The number of carbonyl (C=O) groups excluding carboxylic acids is 1. The van der Waals surface area contributed by atoms with Crippen LogP contribution in [0.1, 0.15) is 20.8 Å². The van der Waals surface area contributed by atoms with Gasteiger partial charge in [0.05, 0.1) is 25.4 Å². The molecule has 86 valence electrons. The van der Waals surface area contributed by atoms with Crippen LogP contribution in [0.4, 0.5) is 0 Å². The third-order valence-corrected chi connectivity index (χ3v) is 1.84. The van der Waals surface area contributed by atoms with Crippen LogP contribution in [0.15, 0.2) is 5.70 Å². The van der Waals surface area contributed by atoms with Gasteiger partial charge in [0.15, 0.2) is 11.6 Å². The summed E-state index contributed by atoms with van der Waals surface area (Å²) >= 11 is 0. The zero-order valence-corrected chi connectivity index (χ0v) is 9.32. The lowest BCUT2D eigenvalue weighted by atomic mass is 10.2. The molecular formula is C10H17NO4. The second kappa shape index (κ2) is 4.77. The maximum atomic E-state index is 10.8. The van der Waals surface area contributed by atoms with Crippen molar-refractivity contribution in [3.8, 4) is 0 Å². The molecule has 1 aliphatic heterocycles. The molecule has 0 aromatic rings. The Labute approximate surface area is 89.2 Å². The van der Waals surface area contributed by atoms with Crippen LogP contribution in [0.3, 0.4) is 0 Å². The number of aliphatic hydroxyl groups is 1. The van der Waals surface area contributed by atoms with Crippen molar-refractivity contribution in [2.75, 3.05) is 19.8 Å². The highest BCUT2D eigenvalue weighted by Gasteiger charge is 2.30. The molecule has 0 bridgehead atoms. The lowest BCUT2D eigenvalue weighted by Gasteiger charge is -2.37. The lowest BCUT2D eigenvalue weighted by Crippen LogP contribution is -2.45. The van der Waals surface area contributed by atoms with E-state index in [9.17, 15) is 4.79 Å². The van der Waals surface area contributed by atoms with Crippen LogP contribution in [0.5, 0.6) is 0 Å². The van der Waals surface area contributed by atoms with Crippen LogP contribution in [-0.2, 0) is 14.4 Å². The number of hydrogen-bond acceptors (Lipinski definition) is 5. The van der Waals surface area contributed by atoms with E-state index in [2.05, 4.69) is 0 Å². The van der Waals surface area contributed by atoms with E-state index in [0.29, 0.717) is 13.2 Å². The van der Waals surface area contributed by atoms with Gasteiger partial charge in [0.25, 0.3) is 0 Å². The molecule has 0 spiro atoms. The molecule has 0 aliphatic carbocycles. The molecule has 1 unspecified atom stereocenters. The van der Waals surface area contributed by atoms with Gasteiger partial charge in [0.1, 0.15) is 6.10 Å². The molecule has 1 saturated heterocycles. The minimum atomic E-state index is -0.626. The minimum absolute atomic E-state index is 0.221. The fourth-order valence-corrected chi connectivity index (χ4v) is 1.32. The molecule has 1 fully saturated rings. The molecule has 5 heteroatoms. The normalized spacial score (nSPS) is 22.8. The monoisotopic (exact) mass is 215 g/mol. The van der Waals surface area contributed by atoms with E-state index in [1.54, 1.807) is 5.94 Å². The van der Waals surface area contributed by atoms with Crippen LogP contribution < -0.4 is 0 Å². The highest BCUT2D eigenvalue weighted by atomic mass is 16.7. The first kappa shape index (κ1) is 12.2. The number of rotatable bonds is 2. The van der Waals surface area contributed by atoms with Gasteiger partial charge in [-0.15, -0.1) is 0 Å². The molecule has 1 aliphatic rings. The fourth-order valence-electron chi connectivity index (χ4n) is 1.32. The van der Waals surface area contributed by atoms with Crippen molar-refractivity contribution in [1.29, 1.82) is 0 Å². The third kappa shape index (κ3) is 3.32. The summed E-state index contributed by atoms with van der Waals surface area (Å²) in [5.74, 6) is 1.76. The van der Waals surface area contributed by atoms with Gasteiger partial charge in [-0.25, -0.2) is 9.86 Å². The fraction of sp³-hybridized carbons (Fsp3) is 0.800. The van der Waals surface area contributed by atoms with Crippen LogP contribution in [0.25, 0.3) is 0 Å². The summed E-state index contributed by atoms with van der Waals surface area (Å²) in [5.41, 5.74) is -0.168. The molecule has 0 saturated carbocycles. The second-order valence-electron chi connectivity index (χ2n) is 4.34. The predicted octanol–water partition coefficient (Wildman–Crippen LogP) is 0.125. The average molecular weight is 215 g/mol. The van der Waals surface area contributed by atoms with Crippen LogP contribution in [-0.4, -0.2) is 47.6 Å². The molecule has 0 amide bonds. The molecule has 15 heavy (non-hydrogen) atoms. The molecule has 5 nitrogen and oxygen atoms in total. The van der Waals surface area contributed by atoms with E-state index >= 15 is 0 Å². The van der Waals surface area contributed by atoms with E-state index in [1.165, 1.54) is 5.06 Å². The van der Waals surface area contributed by atoms with Gasteiger partial charge in [0.2, 0.25) is 0 Å². The topological polar surface area (TPSA) is 59.0 Å². The SMILES string of the molecule is CC(C)(C)ON1CCOC(CO)C1=C=O. The number of morpholine rings is 1. The van der Waals surface area contributed by atoms with Gasteiger partial charge in [-0.05, 0) is 20.8 Å². The van der Waals surface area contributed by atoms with E-state index in [4.69, 9.17) is 14.7 Å². The molecule has 0 radical (unpaired) electrons.